The summed E-state index contributed by atoms with van der Waals surface area (Å²) >= 11 is 3.32. The number of carbonyl (C=O) groups excluding carboxylic acids is 2. The van der Waals surface area contributed by atoms with Gasteiger partial charge < -0.3 is 75.9 Å². The fourth-order valence-electron chi connectivity index (χ4n) is 13.9. The molecule has 0 spiro atoms. The van der Waals surface area contributed by atoms with Crippen molar-refractivity contribution in [1.82, 2.24) is 0 Å². The Balaban J connectivity index is 0.000000341. The molecule has 13 aromatic carbocycles. The molecule has 0 radical (unpaired) electrons. The molecule has 0 amide bonds. The van der Waals surface area contributed by atoms with Crippen LogP contribution in [0.3, 0.4) is 0 Å². The van der Waals surface area contributed by atoms with Gasteiger partial charge in [0, 0.05) is 40.1 Å². The van der Waals surface area contributed by atoms with E-state index in [-0.39, 0.29) is 84.1 Å². The fourth-order valence-corrected chi connectivity index (χ4v) is 14.3. The predicted octanol–water partition coefficient (Wildman–Crippen LogP) is 34.1. The third kappa shape index (κ3) is 35.7. The maximum atomic E-state index is 13.4. The minimum Gasteiger partial charge on any atom is -0.508 e. The molecule has 0 bridgehead atoms. The van der Waals surface area contributed by atoms with E-state index in [1.54, 1.807) is 81.4 Å². The van der Waals surface area contributed by atoms with Crippen molar-refractivity contribution in [2.24, 2.45) is 10.8 Å². The second-order valence-corrected chi connectivity index (χ2v) is 44.0. The summed E-state index contributed by atoms with van der Waals surface area (Å²) in [5, 5.41) is 127. The molecule has 17 nitrogen and oxygen atoms in total. The molecule has 0 aliphatic heterocycles. The molecule has 0 fully saturated rings. The predicted molar refractivity (Wildman–Crippen MR) is 592 cm³/mol. The molecule has 13 rings (SSSR count). The maximum Gasteiger partial charge on any atom is 0.316 e. The smallest absolute Gasteiger partial charge is 0.316 e. The summed E-state index contributed by atoms with van der Waals surface area (Å²) in [5.74, 6) is -8.09. The van der Waals surface area contributed by atoms with Gasteiger partial charge in [0.05, 0.1) is 15.3 Å². The number of aromatic hydroxyl groups is 13. The number of esters is 2. The summed E-state index contributed by atoms with van der Waals surface area (Å²) in [5.41, 5.74) is 5.93. The third-order valence-electron chi connectivity index (χ3n) is 28.8. The average Bonchev–Trinajstić information content (AvgIpc) is 0.779. The highest BCUT2D eigenvalue weighted by molar-refractivity contribution is 9.10. The minimum absolute atomic E-state index is 0.0426. The van der Waals surface area contributed by atoms with E-state index in [1.165, 1.54) is 83.4 Å². The van der Waals surface area contributed by atoms with Crippen molar-refractivity contribution in [3.05, 3.63) is 303 Å². The van der Waals surface area contributed by atoms with Crippen molar-refractivity contribution >= 4 is 60.2 Å². The minimum atomic E-state index is -1.75. The highest BCUT2D eigenvalue weighted by Crippen LogP contribution is 2.45. The molecule has 0 heterocycles. The summed E-state index contributed by atoms with van der Waals surface area (Å²) in [7, 11) is 0. The van der Waals surface area contributed by atoms with Gasteiger partial charge >= 0.3 is 11.9 Å². The second-order valence-electron chi connectivity index (χ2n) is 43.2. The van der Waals surface area contributed by atoms with Crippen LogP contribution in [-0.4, -0.2) is 78.3 Å². The number of carbonyl (C=O) groups is 2. The van der Waals surface area contributed by atoms with E-state index in [1.807, 2.05) is 121 Å². The van der Waals surface area contributed by atoms with Crippen LogP contribution in [0.2, 0.25) is 0 Å². The lowest BCUT2D eigenvalue weighted by molar-refractivity contribution is -0.144. The Hall–Kier alpha value is -12.9. The van der Waals surface area contributed by atoms with Gasteiger partial charge in [0.15, 0.2) is 40.4 Å². The first-order valence-corrected chi connectivity index (χ1v) is 50.9. The Bertz CT molecular complexity index is 6360. The third-order valence-corrected chi connectivity index (χ3v) is 29.4. The number of ether oxygens (including phenoxy) is 2. The Morgan fingerprint density at radius 2 is 0.599 bits per heavy atom. The molecule has 0 saturated carbocycles. The van der Waals surface area contributed by atoms with Crippen molar-refractivity contribution in [2.45, 2.75) is 315 Å². The van der Waals surface area contributed by atoms with Gasteiger partial charge in [-0.15, -0.1) is 0 Å². The fraction of sp³-hybridized carbons (Fsp3) is 0.403. The Kier molecular flexibility index (Phi) is 46.6. The Labute approximate surface area is 877 Å². The highest BCUT2D eigenvalue weighted by atomic mass is 79.9. The number of phenols is 13. The van der Waals surface area contributed by atoms with E-state index in [0.717, 1.165) is 100 Å². The molecule has 0 aliphatic carbocycles. The largest absolute Gasteiger partial charge is 0.508 e. The standard InChI is InChI=1S/3C15H18O.C12H15FO3.C12H16O3.C11H15BrO.C11H12F4O.C11H16O3.C11H16O2.C11H16O/c1-4-15(2,3)13-9-5-8-12-11(13)7-6-10-14(12)16;1-4-15(2,3)13-7-5-12-10-14(16)8-6-11(12)9-13;1-4-15(2,3)12-8-9-13-11(10-12)6-5-7-14(13)16;1-4-12(2,3)11(15)16-8-5-6-10(14)9(13)7-8;1-4-12(2,3)11(14)15-10-7-5-9(13)6-8-10;1-4-11(2,3)8-5-6-10(13)9(12)7-8;1-4-11(2,3)5-6(12)8(14)10(16)9(15)7(5)13;1-4-11(2,3)10-8(13)5-7(12)6-9(10)14;1-4-11(2,3)8-5-6-9(12)10(13)7-8;1-4-11(2,3)9-5-7-10(12)8-6-9/h3*5-10,16H,4H2,1-3H3;5-7,14H,4H2,1-3H3;5-8,13H,4H2,1-3H3;5-7,13H,4H2,1-3H3;16H,4H2,1-3H3;5-6,12-14H,4H2,1-3H3;5-7,12-13H,4H2,1-3H3;5-8,12H,4H2,1-3H3. The number of hydrogen-bond acceptors (Lipinski definition) is 17. The SMILES string of the molecule is CCC(C)(C)C(=O)Oc1ccc(O)c(F)c1.CCC(C)(C)C(=O)Oc1ccc(O)cc1.CCC(C)(C)c1c(F)c(F)c(O)c(F)c1F.CCC(C)(C)c1c(O)cc(O)cc1O.CCC(C)(C)c1ccc(O)c(Br)c1.CCC(C)(C)c1ccc(O)c(O)c1.CCC(C)(C)c1ccc(O)cc1.CCC(C)(C)c1ccc2c(O)cccc2c1.CCC(C)(C)c1ccc2cc(O)ccc2c1.CCC(C)(C)c1cccc2c(O)cccc12. The lowest BCUT2D eigenvalue weighted by atomic mass is 9.80. The van der Waals surface area contributed by atoms with Gasteiger partial charge in [0.25, 0.3) is 0 Å². The number of hydrogen-bond donors (Lipinski definition) is 13. The molecule has 0 saturated heterocycles. The molecule has 0 aromatic heterocycles. The van der Waals surface area contributed by atoms with Gasteiger partial charge in [0.2, 0.25) is 11.6 Å². The van der Waals surface area contributed by atoms with Gasteiger partial charge in [-0.05, 0) is 303 Å². The van der Waals surface area contributed by atoms with Gasteiger partial charge in [0.1, 0.15) is 63.2 Å². The van der Waals surface area contributed by atoms with Crippen LogP contribution in [0.4, 0.5) is 22.0 Å². The van der Waals surface area contributed by atoms with Crippen LogP contribution in [0.5, 0.6) is 86.2 Å². The number of benzene rings is 13. The number of rotatable bonds is 22. The molecule has 23 heteroatoms. The number of fused-ring (bicyclic) bond motifs is 3. The van der Waals surface area contributed by atoms with E-state index in [9.17, 15) is 67.3 Å². The van der Waals surface area contributed by atoms with Crippen molar-refractivity contribution in [3.8, 4) is 86.2 Å². The quantitative estimate of drug-likeness (QED) is 0.00986. The van der Waals surface area contributed by atoms with Crippen molar-refractivity contribution in [2.75, 3.05) is 0 Å². The van der Waals surface area contributed by atoms with E-state index >= 15 is 0 Å². The van der Waals surface area contributed by atoms with Crippen LogP contribution in [0, 0.1) is 39.9 Å². The summed E-state index contributed by atoms with van der Waals surface area (Å²) < 4.78 is 77.0. The van der Waals surface area contributed by atoms with Crippen LogP contribution in [0.1, 0.15) is 316 Å². The van der Waals surface area contributed by atoms with E-state index < -0.39 is 68.4 Å². The second kappa shape index (κ2) is 54.2. The van der Waals surface area contributed by atoms with Crippen molar-refractivity contribution in [3.63, 3.8) is 0 Å². The van der Waals surface area contributed by atoms with Gasteiger partial charge in [-0.1, -0.05) is 289 Å². The number of halogens is 6. The lowest BCUT2D eigenvalue weighted by Gasteiger charge is -2.25. The van der Waals surface area contributed by atoms with Crippen molar-refractivity contribution < 1.29 is 107 Å². The van der Waals surface area contributed by atoms with Gasteiger partial charge in [-0.2, -0.15) is 8.78 Å². The van der Waals surface area contributed by atoms with Crippen LogP contribution >= 0.6 is 15.9 Å². The normalized spacial score (nSPS) is 11.7. The van der Waals surface area contributed by atoms with Gasteiger partial charge in [-0.3, -0.25) is 9.59 Å². The Morgan fingerprint density at radius 1 is 0.252 bits per heavy atom. The van der Waals surface area contributed by atoms with E-state index in [4.69, 9.17) is 40.1 Å². The molecule has 0 unspecified atom stereocenters. The average molecular weight is 2100 g/mol. The van der Waals surface area contributed by atoms with Crippen LogP contribution < -0.4 is 9.47 Å². The molecular weight excluding hydrogens is 1940 g/mol. The monoisotopic (exact) mass is 2100 g/mol. The highest BCUT2D eigenvalue weighted by Gasteiger charge is 2.36. The van der Waals surface area contributed by atoms with Crippen LogP contribution in [0.25, 0.3) is 32.3 Å². The molecule has 147 heavy (non-hydrogen) atoms. The Morgan fingerprint density at radius 3 is 1.05 bits per heavy atom. The van der Waals surface area contributed by atoms with Gasteiger partial charge in [-0.25, -0.2) is 13.2 Å². The van der Waals surface area contributed by atoms with Crippen LogP contribution in [-0.2, 0) is 52.9 Å². The molecule has 0 atom stereocenters. The zero-order chi connectivity index (χ0) is 112. The molecule has 0 aliphatic rings. The van der Waals surface area contributed by atoms with Crippen LogP contribution in [0.15, 0.2) is 229 Å². The van der Waals surface area contributed by atoms with E-state index in [0.29, 0.717) is 52.9 Å². The first-order chi connectivity index (χ1) is 68.1. The summed E-state index contributed by atoms with van der Waals surface area (Å²) in [6.07, 6.45) is 8.95. The summed E-state index contributed by atoms with van der Waals surface area (Å²) in [6, 6.07) is 66.1. The molecule has 800 valence electrons. The topological polar surface area (TPSA) is 316 Å². The molecular formula is C124H160BrF5O17. The maximum absolute atomic E-state index is 13.4. The number of phenolic OH excluding ortho intramolecular Hbond substituents is 13. The molecule has 13 N–H and O–H groups in total. The zero-order valence-corrected chi connectivity index (χ0v) is 93.2. The summed E-state index contributed by atoms with van der Waals surface area (Å²) in [6.45, 7) is 61.0. The first-order valence-electron chi connectivity index (χ1n) is 50.1. The summed E-state index contributed by atoms with van der Waals surface area (Å²) in [4.78, 5) is 23.3. The van der Waals surface area contributed by atoms with E-state index in [2.05, 4.69) is 183 Å². The molecule has 13 aromatic rings. The zero-order valence-electron chi connectivity index (χ0n) is 91.6. The lowest BCUT2D eigenvalue weighted by Crippen LogP contribution is -2.28. The first kappa shape index (κ1) is 126. The van der Waals surface area contributed by atoms with Crippen molar-refractivity contribution in [1.29, 1.82) is 0 Å².